The first-order chi connectivity index (χ1) is 13.7. The molecule has 3 rings (SSSR count). The van der Waals surface area contributed by atoms with E-state index in [1.165, 1.54) is 11.8 Å². The number of fused-ring (bicyclic) bond motifs is 1. The zero-order chi connectivity index (χ0) is 21.2. The van der Waals surface area contributed by atoms with E-state index in [9.17, 15) is 9.59 Å². The number of hydrogen-bond donors (Lipinski definition) is 2. The van der Waals surface area contributed by atoms with Gasteiger partial charge in [0.1, 0.15) is 10.8 Å². The summed E-state index contributed by atoms with van der Waals surface area (Å²) in [5.74, 6) is 1.00. The van der Waals surface area contributed by atoms with Crippen molar-refractivity contribution in [3.63, 3.8) is 0 Å². The highest BCUT2D eigenvalue weighted by Gasteiger charge is 2.34. The predicted octanol–water partition coefficient (Wildman–Crippen LogP) is 5.51. The van der Waals surface area contributed by atoms with Gasteiger partial charge in [0, 0.05) is 17.5 Å². The minimum absolute atomic E-state index is 0.161. The third-order valence-electron chi connectivity index (χ3n) is 5.43. The van der Waals surface area contributed by atoms with Gasteiger partial charge in [-0.2, -0.15) is 0 Å². The van der Waals surface area contributed by atoms with Crippen LogP contribution in [0.2, 0.25) is 0 Å². The Morgan fingerprint density at radius 3 is 2.45 bits per heavy atom. The molecule has 1 atom stereocenters. The minimum Gasteiger partial charge on any atom is -0.494 e. The normalized spacial score (nSPS) is 16.1. The second-order valence-corrected chi connectivity index (χ2v) is 9.71. The third kappa shape index (κ3) is 4.99. The highest BCUT2D eigenvalue weighted by atomic mass is 32.1. The first-order valence-electron chi connectivity index (χ1n) is 10.2. The molecule has 0 saturated heterocycles. The number of amides is 2. The van der Waals surface area contributed by atoms with Gasteiger partial charge in [-0.05, 0) is 67.3 Å². The van der Waals surface area contributed by atoms with E-state index in [0.29, 0.717) is 28.8 Å². The Kier molecular flexibility index (Phi) is 6.32. The van der Waals surface area contributed by atoms with E-state index < -0.39 is 0 Å². The molecular weight excluding hydrogens is 384 g/mol. The highest BCUT2D eigenvalue weighted by Crippen LogP contribution is 2.44. The summed E-state index contributed by atoms with van der Waals surface area (Å²) in [5, 5.41) is 6.51. The van der Waals surface area contributed by atoms with Crippen LogP contribution in [0.25, 0.3) is 0 Å². The number of carbonyl (C=O) groups excluding carboxylic acids is 2. The maximum absolute atomic E-state index is 13.2. The standard InChI is InChI=1S/C23H30N2O3S/c1-6-28-17-10-8-16(9-11-17)25-21(27)20-18-12-7-15(23(3,4)5)13-19(18)29-22(20)24-14(2)26/h8-11,15H,6-7,12-13H2,1-5H3,(H,24,26)(H,25,27). The number of rotatable bonds is 5. The molecule has 1 aromatic heterocycles. The van der Waals surface area contributed by atoms with Gasteiger partial charge in [-0.1, -0.05) is 20.8 Å². The van der Waals surface area contributed by atoms with Crippen molar-refractivity contribution in [2.45, 2.75) is 53.9 Å². The van der Waals surface area contributed by atoms with Crippen LogP contribution in [0.3, 0.4) is 0 Å². The largest absolute Gasteiger partial charge is 0.494 e. The lowest BCUT2D eigenvalue weighted by molar-refractivity contribution is -0.114. The van der Waals surface area contributed by atoms with Crippen LogP contribution in [-0.2, 0) is 17.6 Å². The van der Waals surface area contributed by atoms with E-state index >= 15 is 0 Å². The number of thiophene rings is 1. The summed E-state index contributed by atoms with van der Waals surface area (Å²) in [6.07, 6.45) is 2.86. The van der Waals surface area contributed by atoms with Gasteiger partial charge < -0.3 is 15.4 Å². The van der Waals surface area contributed by atoms with Crippen LogP contribution in [0.15, 0.2) is 24.3 Å². The van der Waals surface area contributed by atoms with Crippen LogP contribution >= 0.6 is 11.3 Å². The molecule has 1 unspecified atom stereocenters. The Morgan fingerprint density at radius 2 is 1.86 bits per heavy atom. The van der Waals surface area contributed by atoms with Gasteiger partial charge in [0.2, 0.25) is 5.91 Å². The number of benzene rings is 1. The van der Waals surface area contributed by atoms with Crippen molar-refractivity contribution >= 4 is 33.8 Å². The summed E-state index contributed by atoms with van der Waals surface area (Å²) in [4.78, 5) is 26.1. The highest BCUT2D eigenvalue weighted by molar-refractivity contribution is 7.17. The molecule has 1 aliphatic rings. The minimum atomic E-state index is -0.176. The molecule has 29 heavy (non-hydrogen) atoms. The summed E-state index contributed by atoms with van der Waals surface area (Å²) in [6, 6.07) is 7.33. The van der Waals surface area contributed by atoms with Crippen molar-refractivity contribution in [3.8, 4) is 5.75 Å². The first-order valence-corrected chi connectivity index (χ1v) is 11.0. The molecule has 1 aliphatic carbocycles. The molecule has 1 heterocycles. The van der Waals surface area contributed by atoms with Gasteiger partial charge in [-0.3, -0.25) is 9.59 Å². The van der Waals surface area contributed by atoms with Gasteiger partial charge in [0.25, 0.3) is 5.91 Å². The topological polar surface area (TPSA) is 67.4 Å². The average Bonchev–Trinajstić information content (AvgIpc) is 2.99. The Bertz CT molecular complexity index is 894. The van der Waals surface area contributed by atoms with Gasteiger partial charge in [0.05, 0.1) is 12.2 Å². The molecule has 156 valence electrons. The van der Waals surface area contributed by atoms with Crippen molar-refractivity contribution < 1.29 is 14.3 Å². The molecule has 0 saturated carbocycles. The lowest BCUT2D eigenvalue weighted by Crippen LogP contribution is -2.27. The molecule has 0 aliphatic heterocycles. The van der Waals surface area contributed by atoms with Gasteiger partial charge in [-0.15, -0.1) is 11.3 Å². The zero-order valence-electron chi connectivity index (χ0n) is 17.8. The van der Waals surface area contributed by atoms with Crippen LogP contribution in [0.5, 0.6) is 5.75 Å². The second-order valence-electron chi connectivity index (χ2n) is 8.61. The van der Waals surface area contributed by atoms with Gasteiger partial charge in [-0.25, -0.2) is 0 Å². The fourth-order valence-corrected chi connectivity index (χ4v) is 5.18. The van der Waals surface area contributed by atoms with E-state index in [-0.39, 0.29) is 17.2 Å². The van der Waals surface area contributed by atoms with E-state index in [1.54, 1.807) is 11.3 Å². The molecule has 0 fully saturated rings. The Labute approximate surface area is 176 Å². The van der Waals surface area contributed by atoms with Crippen molar-refractivity contribution in [1.82, 2.24) is 0 Å². The summed E-state index contributed by atoms with van der Waals surface area (Å²) < 4.78 is 5.45. The van der Waals surface area contributed by atoms with Crippen LogP contribution in [0, 0.1) is 11.3 Å². The Hall–Kier alpha value is -2.34. The van der Waals surface area contributed by atoms with Gasteiger partial charge >= 0.3 is 0 Å². The molecule has 2 aromatic rings. The lowest BCUT2D eigenvalue weighted by atomic mass is 9.72. The van der Waals surface area contributed by atoms with Crippen LogP contribution in [0.1, 0.15) is 61.8 Å². The second kappa shape index (κ2) is 8.57. The number of anilines is 2. The maximum Gasteiger partial charge on any atom is 0.258 e. The molecule has 2 N–H and O–H groups in total. The lowest BCUT2D eigenvalue weighted by Gasteiger charge is -2.33. The number of carbonyl (C=O) groups is 2. The molecular formula is C23H30N2O3S. The molecule has 0 radical (unpaired) electrons. The smallest absolute Gasteiger partial charge is 0.258 e. The number of ether oxygens (including phenoxy) is 1. The summed E-state index contributed by atoms with van der Waals surface area (Å²) in [7, 11) is 0. The fourth-order valence-electron chi connectivity index (χ4n) is 3.81. The molecule has 6 heteroatoms. The monoisotopic (exact) mass is 414 g/mol. The molecule has 5 nitrogen and oxygen atoms in total. The quantitative estimate of drug-likeness (QED) is 0.678. The third-order valence-corrected chi connectivity index (χ3v) is 6.60. The van der Waals surface area contributed by atoms with Crippen LogP contribution < -0.4 is 15.4 Å². The molecule has 0 bridgehead atoms. The first kappa shape index (κ1) is 21.4. The number of hydrogen-bond acceptors (Lipinski definition) is 4. The van der Waals surface area contributed by atoms with E-state index in [0.717, 1.165) is 30.6 Å². The van der Waals surface area contributed by atoms with Crippen molar-refractivity contribution in [3.05, 3.63) is 40.3 Å². The fraction of sp³-hybridized carbons (Fsp3) is 0.478. The van der Waals surface area contributed by atoms with Crippen molar-refractivity contribution in [2.24, 2.45) is 11.3 Å². The SMILES string of the molecule is CCOc1ccc(NC(=O)c2c(NC(C)=O)sc3c2CCC(C(C)(C)C)C3)cc1. The van der Waals surface area contributed by atoms with E-state index in [4.69, 9.17) is 4.74 Å². The zero-order valence-corrected chi connectivity index (χ0v) is 18.7. The van der Waals surface area contributed by atoms with Gasteiger partial charge in [0.15, 0.2) is 0 Å². The van der Waals surface area contributed by atoms with E-state index in [1.807, 2.05) is 31.2 Å². The molecule has 1 aromatic carbocycles. The molecule has 0 spiro atoms. The predicted molar refractivity (Wildman–Crippen MR) is 119 cm³/mol. The maximum atomic E-state index is 13.2. The summed E-state index contributed by atoms with van der Waals surface area (Å²) >= 11 is 1.55. The molecule has 2 amide bonds. The average molecular weight is 415 g/mol. The summed E-state index contributed by atoms with van der Waals surface area (Å²) in [5.41, 5.74) is 2.63. The Balaban J connectivity index is 1.88. The van der Waals surface area contributed by atoms with Crippen molar-refractivity contribution in [2.75, 3.05) is 17.2 Å². The van der Waals surface area contributed by atoms with Crippen LogP contribution in [0.4, 0.5) is 10.7 Å². The van der Waals surface area contributed by atoms with Crippen molar-refractivity contribution in [1.29, 1.82) is 0 Å². The number of nitrogens with one attached hydrogen (secondary N) is 2. The summed E-state index contributed by atoms with van der Waals surface area (Å²) in [6.45, 7) is 10.8. The van der Waals surface area contributed by atoms with E-state index in [2.05, 4.69) is 31.4 Å². The van der Waals surface area contributed by atoms with Crippen LogP contribution in [-0.4, -0.2) is 18.4 Å². The Morgan fingerprint density at radius 1 is 1.17 bits per heavy atom.